The van der Waals surface area contributed by atoms with Gasteiger partial charge in [-0.25, -0.2) is 0 Å². The van der Waals surface area contributed by atoms with Gasteiger partial charge in [-0.1, -0.05) is 27.7 Å². The molecule has 0 saturated carbocycles. The molecule has 0 rings (SSSR count). The molecule has 136 valence electrons. The summed E-state index contributed by atoms with van der Waals surface area (Å²) in [5, 5.41) is 37.2. The summed E-state index contributed by atoms with van der Waals surface area (Å²) in [4.78, 5) is 31.4. The third-order valence-electron chi connectivity index (χ3n) is 3.04. The fourth-order valence-corrected chi connectivity index (χ4v) is 1.12. The second-order valence-electron chi connectivity index (χ2n) is 6.09. The van der Waals surface area contributed by atoms with Crippen molar-refractivity contribution in [2.24, 2.45) is 17.1 Å². The number of nitrogens with one attached hydrogen (secondary N) is 1. The predicted octanol–water partition coefficient (Wildman–Crippen LogP) is -0.989. The fourth-order valence-electron chi connectivity index (χ4n) is 1.12. The highest BCUT2D eigenvalue weighted by molar-refractivity contribution is 5.81. The van der Waals surface area contributed by atoms with E-state index in [0.29, 0.717) is 0 Å². The van der Waals surface area contributed by atoms with E-state index in [4.69, 9.17) is 21.1 Å². The average molecular weight is 336 g/mol. The van der Waals surface area contributed by atoms with Crippen molar-refractivity contribution in [3.8, 4) is 0 Å². The van der Waals surface area contributed by atoms with Crippen LogP contribution in [0.3, 0.4) is 0 Å². The summed E-state index contributed by atoms with van der Waals surface area (Å²) in [6, 6.07) is -0.713. The van der Waals surface area contributed by atoms with Crippen LogP contribution in [-0.4, -0.2) is 63.6 Å². The van der Waals surface area contributed by atoms with Gasteiger partial charge in [0.2, 0.25) is 5.91 Å². The smallest absolute Gasteiger partial charge is 0.320 e. The van der Waals surface area contributed by atoms with Crippen LogP contribution in [0.2, 0.25) is 0 Å². The highest BCUT2D eigenvalue weighted by Crippen LogP contribution is 2.19. The number of carbonyl (C=O) groups excluding carboxylic acids is 1. The van der Waals surface area contributed by atoms with Crippen molar-refractivity contribution >= 4 is 17.8 Å². The number of nitrogens with two attached hydrogens (primary N) is 1. The lowest BCUT2D eigenvalue weighted by Gasteiger charge is -2.26. The Hall–Kier alpha value is -1.71. The van der Waals surface area contributed by atoms with Crippen LogP contribution in [0.5, 0.6) is 0 Å². The third kappa shape index (κ3) is 10.6. The van der Waals surface area contributed by atoms with Crippen LogP contribution in [-0.2, 0) is 14.4 Å². The first-order valence-corrected chi connectivity index (χ1v) is 7.13. The molecule has 1 amide bonds. The highest BCUT2D eigenvalue weighted by Gasteiger charge is 2.32. The highest BCUT2D eigenvalue weighted by atomic mass is 16.4. The predicted molar refractivity (Wildman–Crippen MR) is 82.6 cm³/mol. The van der Waals surface area contributed by atoms with Crippen LogP contribution in [0.15, 0.2) is 0 Å². The van der Waals surface area contributed by atoms with Gasteiger partial charge in [-0.3, -0.25) is 14.4 Å². The molecule has 7 N–H and O–H groups in total. The second kappa shape index (κ2) is 10.9. The molecule has 0 aliphatic heterocycles. The molecule has 9 nitrogen and oxygen atoms in total. The molecular formula is C14H28N2O7. The Morgan fingerprint density at radius 2 is 1.65 bits per heavy atom. The second-order valence-corrected chi connectivity index (χ2v) is 6.09. The number of aliphatic hydroxyl groups is 2. The SMILES string of the molecule is CC(C)(CO)[C@@H](O)C(=O)NCCC(=O)O.CC(C)C(N)C(=O)O. The van der Waals surface area contributed by atoms with E-state index in [1.165, 1.54) is 13.8 Å². The Balaban J connectivity index is 0. The van der Waals surface area contributed by atoms with Gasteiger partial charge in [0.15, 0.2) is 0 Å². The molecule has 0 aromatic rings. The van der Waals surface area contributed by atoms with Crippen LogP contribution >= 0.6 is 0 Å². The Bertz CT molecular complexity index is 397. The molecule has 0 aromatic heterocycles. The summed E-state index contributed by atoms with van der Waals surface area (Å²) >= 11 is 0. The van der Waals surface area contributed by atoms with E-state index in [1.54, 1.807) is 13.8 Å². The molecular weight excluding hydrogens is 308 g/mol. The van der Waals surface area contributed by atoms with Gasteiger partial charge in [0.05, 0.1) is 13.0 Å². The number of carboxylic acid groups (broad SMARTS) is 2. The first-order chi connectivity index (χ1) is 10.4. The maximum absolute atomic E-state index is 11.3. The molecule has 0 aliphatic rings. The van der Waals surface area contributed by atoms with Crippen molar-refractivity contribution in [1.82, 2.24) is 5.32 Å². The van der Waals surface area contributed by atoms with Crippen molar-refractivity contribution < 1.29 is 34.8 Å². The number of carbonyl (C=O) groups is 3. The van der Waals surface area contributed by atoms with Gasteiger partial charge in [-0.05, 0) is 5.92 Å². The maximum Gasteiger partial charge on any atom is 0.320 e. The van der Waals surface area contributed by atoms with Gasteiger partial charge in [-0.2, -0.15) is 0 Å². The summed E-state index contributed by atoms with van der Waals surface area (Å²) in [5.41, 5.74) is 4.22. The Kier molecular flexibility index (Phi) is 11.2. The molecule has 0 spiro atoms. The minimum atomic E-state index is -1.35. The third-order valence-corrected chi connectivity index (χ3v) is 3.04. The molecule has 1 unspecified atom stereocenters. The van der Waals surface area contributed by atoms with Gasteiger partial charge < -0.3 is 31.5 Å². The van der Waals surface area contributed by atoms with Gasteiger partial charge in [0.25, 0.3) is 0 Å². The van der Waals surface area contributed by atoms with Crippen molar-refractivity contribution in [2.75, 3.05) is 13.2 Å². The zero-order chi connectivity index (χ0) is 18.8. The Labute approximate surface area is 135 Å². The molecule has 0 heterocycles. The van der Waals surface area contributed by atoms with Crippen molar-refractivity contribution in [2.45, 2.75) is 46.3 Å². The number of amides is 1. The lowest BCUT2D eigenvalue weighted by atomic mass is 9.87. The zero-order valence-electron chi connectivity index (χ0n) is 13.9. The van der Waals surface area contributed by atoms with Crippen molar-refractivity contribution in [3.05, 3.63) is 0 Å². The lowest BCUT2D eigenvalue weighted by molar-refractivity contribution is -0.140. The molecule has 23 heavy (non-hydrogen) atoms. The van der Waals surface area contributed by atoms with Crippen LogP contribution < -0.4 is 11.1 Å². The van der Waals surface area contributed by atoms with Crippen molar-refractivity contribution in [1.29, 1.82) is 0 Å². The largest absolute Gasteiger partial charge is 0.481 e. The fraction of sp³-hybridized carbons (Fsp3) is 0.786. The van der Waals surface area contributed by atoms with E-state index in [0.717, 1.165) is 0 Å². The number of carboxylic acids is 2. The number of aliphatic hydroxyl groups excluding tert-OH is 2. The molecule has 0 aromatic carbocycles. The Morgan fingerprint density at radius 1 is 1.17 bits per heavy atom. The molecule has 0 bridgehead atoms. The number of hydrogen-bond acceptors (Lipinski definition) is 6. The first-order valence-electron chi connectivity index (χ1n) is 7.13. The van der Waals surface area contributed by atoms with Gasteiger partial charge in [0, 0.05) is 12.0 Å². The summed E-state index contributed by atoms with van der Waals surface area (Å²) < 4.78 is 0. The average Bonchev–Trinajstić information content (AvgIpc) is 2.45. The van der Waals surface area contributed by atoms with E-state index in [9.17, 15) is 19.5 Å². The number of aliphatic carboxylic acids is 2. The standard InChI is InChI=1S/C9H17NO5.C5H11NO2/c1-9(2,5-11)7(14)8(15)10-4-3-6(12)13;1-3(2)4(6)5(7)8/h7,11,14H,3-5H2,1-2H3,(H,10,15)(H,12,13);3-4H,6H2,1-2H3,(H,7,8)/t7-;/m0./s1. The molecule has 0 fully saturated rings. The quantitative estimate of drug-likeness (QED) is 0.328. The normalized spacial score (nSPS) is 13.6. The van der Waals surface area contributed by atoms with E-state index in [2.05, 4.69) is 5.32 Å². The summed E-state index contributed by atoms with van der Waals surface area (Å²) in [7, 11) is 0. The van der Waals surface area contributed by atoms with Crippen LogP contribution in [0.25, 0.3) is 0 Å². The molecule has 2 atom stereocenters. The van der Waals surface area contributed by atoms with Gasteiger partial charge >= 0.3 is 11.9 Å². The zero-order valence-corrected chi connectivity index (χ0v) is 13.9. The van der Waals surface area contributed by atoms with Crippen molar-refractivity contribution in [3.63, 3.8) is 0 Å². The van der Waals surface area contributed by atoms with E-state index in [-0.39, 0.29) is 25.5 Å². The van der Waals surface area contributed by atoms with E-state index < -0.39 is 35.4 Å². The summed E-state index contributed by atoms with van der Waals surface area (Å²) in [6.45, 7) is 6.26. The maximum atomic E-state index is 11.3. The molecule has 0 saturated heterocycles. The first kappa shape index (κ1) is 23.6. The van der Waals surface area contributed by atoms with Crippen LogP contribution in [0, 0.1) is 11.3 Å². The molecule has 9 heteroatoms. The summed E-state index contributed by atoms with van der Waals surface area (Å²) in [6.07, 6.45) is -1.55. The molecule has 0 aliphatic carbocycles. The molecule has 0 radical (unpaired) electrons. The monoisotopic (exact) mass is 336 g/mol. The van der Waals surface area contributed by atoms with Gasteiger partial charge in [-0.15, -0.1) is 0 Å². The van der Waals surface area contributed by atoms with E-state index >= 15 is 0 Å². The topological polar surface area (TPSA) is 170 Å². The minimum absolute atomic E-state index is 0.0208. The summed E-state index contributed by atoms with van der Waals surface area (Å²) in [5.74, 6) is -2.60. The number of hydrogen-bond donors (Lipinski definition) is 6. The Morgan fingerprint density at radius 3 is 1.91 bits per heavy atom. The van der Waals surface area contributed by atoms with Crippen LogP contribution in [0.4, 0.5) is 0 Å². The minimum Gasteiger partial charge on any atom is -0.481 e. The number of rotatable bonds is 8. The lowest BCUT2D eigenvalue weighted by Crippen LogP contribution is -2.45. The van der Waals surface area contributed by atoms with Crippen LogP contribution in [0.1, 0.15) is 34.1 Å². The van der Waals surface area contributed by atoms with Gasteiger partial charge in [0.1, 0.15) is 12.1 Å². The van der Waals surface area contributed by atoms with E-state index in [1.807, 2.05) is 0 Å².